The van der Waals surface area contributed by atoms with Gasteiger partial charge in [0.2, 0.25) is 0 Å². The van der Waals surface area contributed by atoms with Crippen molar-refractivity contribution in [2.24, 2.45) is 0 Å². The van der Waals surface area contributed by atoms with E-state index in [1.54, 1.807) is 18.2 Å². The summed E-state index contributed by atoms with van der Waals surface area (Å²) in [5, 5.41) is 14.0. The lowest BCUT2D eigenvalue weighted by Crippen LogP contribution is -2.57. The number of carbonyl (C=O) groups excluding carboxylic acids is 2. The molecule has 282 valence electrons. The SMILES string of the molecule is COCOc1cc(-c2cnn(C3CCCCO3)c2)ccc1-c1cc2c(nn1)c(C1=CC3COCC(C1)N3C(=O)OC(C)(C)C)cn2C(=O)OC(C)(C)C. The number of amides is 1. The van der Waals surface area contributed by atoms with Crippen LogP contribution >= 0.6 is 0 Å². The first-order valence-corrected chi connectivity index (χ1v) is 18.1. The first-order chi connectivity index (χ1) is 25.3. The zero-order valence-corrected chi connectivity index (χ0v) is 31.5. The molecule has 2 bridgehead atoms. The Morgan fingerprint density at radius 3 is 2.43 bits per heavy atom. The van der Waals surface area contributed by atoms with Gasteiger partial charge in [0.15, 0.2) is 6.79 Å². The fraction of sp³-hybridized carbons (Fsp3) is 0.513. The zero-order valence-electron chi connectivity index (χ0n) is 31.5. The molecule has 14 heteroatoms. The summed E-state index contributed by atoms with van der Waals surface area (Å²) in [6, 6.07) is 7.04. The van der Waals surface area contributed by atoms with Crippen LogP contribution in [0.25, 0.3) is 39.0 Å². The van der Waals surface area contributed by atoms with Crippen molar-refractivity contribution in [1.82, 2.24) is 29.4 Å². The molecule has 4 aromatic rings. The van der Waals surface area contributed by atoms with Gasteiger partial charge in [0.1, 0.15) is 28.7 Å². The molecule has 6 heterocycles. The molecule has 1 amide bonds. The molecule has 3 atom stereocenters. The number of hydrogen-bond donors (Lipinski definition) is 0. The van der Waals surface area contributed by atoms with Crippen molar-refractivity contribution in [1.29, 1.82) is 0 Å². The summed E-state index contributed by atoms with van der Waals surface area (Å²) in [4.78, 5) is 28.7. The van der Waals surface area contributed by atoms with Gasteiger partial charge in [0.05, 0.1) is 42.7 Å². The molecule has 0 radical (unpaired) electrons. The van der Waals surface area contributed by atoms with Crippen molar-refractivity contribution in [2.45, 2.75) is 96.7 Å². The number of fused-ring (bicyclic) bond motifs is 3. The number of nitrogens with zero attached hydrogens (tertiary/aromatic N) is 6. The van der Waals surface area contributed by atoms with Gasteiger partial charge < -0.3 is 28.4 Å². The van der Waals surface area contributed by atoms with Gasteiger partial charge in [-0.05, 0) is 96.6 Å². The first kappa shape index (κ1) is 36.6. The fourth-order valence-corrected chi connectivity index (χ4v) is 6.97. The van der Waals surface area contributed by atoms with Gasteiger partial charge >= 0.3 is 12.2 Å². The van der Waals surface area contributed by atoms with Crippen LogP contribution in [0.3, 0.4) is 0 Å². The predicted molar refractivity (Wildman–Crippen MR) is 196 cm³/mol. The van der Waals surface area contributed by atoms with Crippen LogP contribution < -0.4 is 4.74 Å². The topological polar surface area (TPSA) is 141 Å². The number of aromatic nitrogens is 5. The van der Waals surface area contributed by atoms with E-state index in [9.17, 15) is 9.59 Å². The molecule has 7 rings (SSSR count). The molecule has 2 fully saturated rings. The maximum absolute atomic E-state index is 13.7. The predicted octanol–water partition coefficient (Wildman–Crippen LogP) is 7.22. The van der Waals surface area contributed by atoms with E-state index in [4.69, 9.17) is 33.5 Å². The van der Waals surface area contributed by atoms with E-state index in [1.807, 2.05) is 89.0 Å². The van der Waals surface area contributed by atoms with Crippen LogP contribution in [0.5, 0.6) is 5.75 Å². The van der Waals surface area contributed by atoms with E-state index < -0.39 is 17.3 Å². The minimum Gasteiger partial charge on any atom is -0.467 e. The molecule has 14 nitrogen and oxygen atoms in total. The number of methoxy groups -OCH3 is 1. The molecule has 0 spiro atoms. The summed E-state index contributed by atoms with van der Waals surface area (Å²) in [5.74, 6) is 0.528. The number of morpholine rings is 1. The second-order valence-corrected chi connectivity index (χ2v) is 15.7. The molecule has 0 N–H and O–H groups in total. The lowest BCUT2D eigenvalue weighted by Gasteiger charge is -2.44. The van der Waals surface area contributed by atoms with Crippen LogP contribution in [0.4, 0.5) is 9.59 Å². The standard InChI is InChI=1S/C39H48N6O8/c1-38(2,3)52-36(46)43-20-30(25-14-27-21-49-22-28(15-25)45(27)37(47)53-39(4,5)6)35-32(43)17-31(41-42-35)29-12-11-24(16-33(29)51-23-48-7)26-18-40-44(19-26)34-10-8-9-13-50-34/h11-12,14,16-20,27-28,34H,8-10,13,15,21-23H2,1-7H3. The molecular weight excluding hydrogens is 680 g/mol. The van der Waals surface area contributed by atoms with Crippen molar-refractivity contribution in [2.75, 3.05) is 33.7 Å². The number of ether oxygens (including phenoxy) is 6. The van der Waals surface area contributed by atoms with Gasteiger partial charge in [0.25, 0.3) is 0 Å². The Hall–Kier alpha value is -4.79. The van der Waals surface area contributed by atoms with Gasteiger partial charge in [-0.25, -0.2) is 14.3 Å². The van der Waals surface area contributed by atoms with Gasteiger partial charge in [-0.1, -0.05) is 12.1 Å². The lowest BCUT2D eigenvalue weighted by molar-refractivity contribution is -0.0510. The summed E-state index contributed by atoms with van der Waals surface area (Å²) < 4.78 is 38.1. The molecule has 0 saturated carbocycles. The summed E-state index contributed by atoms with van der Waals surface area (Å²) in [6.45, 7) is 12.5. The summed E-state index contributed by atoms with van der Waals surface area (Å²) in [7, 11) is 1.56. The molecule has 0 aliphatic carbocycles. The highest BCUT2D eigenvalue weighted by Gasteiger charge is 2.41. The highest BCUT2D eigenvalue weighted by molar-refractivity contribution is 5.97. The number of carbonyl (C=O) groups is 2. The minimum absolute atomic E-state index is 0.0141. The Morgan fingerprint density at radius 2 is 1.72 bits per heavy atom. The highest BCUT2D eigenvalue weighted by atomic mass is 16.7. The normalized spacial score (nSPS) is 20.6. The molecule has 1 aromatic carbocycles. The minimum atomic E-state index is -0.739. The molecule has 2 saturated heterocycles. The maximum atomic E-state index is 13.7. The molecular formula is C39H48N6O8. The Kier molecular flexibility index (Phi) is 10.0. The molecule has 53 heavy (non-hydrogen) atoms. The quantitative estimate of drug-likeness (QED) is 0.178. The van der Waals surface area contributed by atoms with Gasteiger partial charge in [-0.3, -0.25) is 9.47 Å². The Bertz CT molecular complexity index is 2020. The number of benzene rings is 1. The average Bonchev–Trinajstić information content (AvgIpc) is 3.75. The third-order valence-electron chi connectivity index (χ3n) is 9.26. The van der Waals surface area contributed by atoms with Crippen molar-refractivity contribution >= 4 is 28.8 Å². The van der Waals surface area contributed by atoms with Crippen LogP contribution in [-0.2, 0) is 23.7 Å². The zero-order chi connectivity index (χ0) is 37.5. The van der Waals surface area contributed by atoms with Crippen LogP contribution in [0, 0.1) is 0 Å². The number of rotatable bonds is 7. The van der Waals surface area contributed by atoms with E-state index >= 15 is 0 Å². The molecule has 3 unspecified atom stereocenters. The number of hydrogen-bond acceptors (Lipinski definition) is 11. The first-order valence-electron chi connectivity index (χ1n) is 18.1. The maximum Gasteiger partial charge on any atom is 0.419 e. The smallest absolute Gasteiger partial charge is 0.419 e. The summed E-state index contributed by atoms with van der Waals surface area (Å²) >= 11 is 0. The van der Waals surface area contributed by atoms with Crippen molar-refractivity contribution in [3.05, 3.63) is 54.5 Å². The van der Waals surface area contributed by atoms with E-state index in [0.29, 0.717) is 47.7 Å². The average molecular weight is 729 g/mol. The highest BCUT2D eigenvalue weighted by Crippen LogP contribution is 2.39. The monoisotopic (exact) mass is 728 g/mol. The third kappa shape index (κ3) is 7.94. The van der Waals surface area contributed by atoms with Crippen LogP contribution in [0.2, 0.25) is 0 Å². The second kappa shape index (κ2) is 14.6. The fourth-order valence-electron chi connectivity index (χ4n) is 6.97. The van der Waals surface area contributed by atoms with Gasteiger partial charge in [0, 0.05) is 42.8 Å². The summed E-state index contributed by atoms with van der Waals surface area (Å²) in [5.41, 5.74) is 4.32. The van der Waals surface area contributed by atoms with Gasteiger partial charge in [-0.15, -0.1) is 10.2 Å². The Balaban J connectivity index is 1.27. The third-order valence-corrected chi connectivity index (χ3v) is 9.26. The molecule has 3 aliphatic rings. The van der Waals surface area contributed by atoms with Crippen LogP contribution in [0.1, 0.15) is 79.0 Å². The van der Waals surface area contributed by atoms with E-state index in [-0.39, 0.29) is 31.2 Å². The largest absolute Gasteiger partial charge is 0.467 e. The van der Waals surface area contributed by atoms with Crippen molar-refractivity contribution in [3.8, 4) is 28.1 Å². The Labute approximate surface area is 308 Å². The van der Waals surface area contributed by atoms with Crippen molar-refractivity contribution < 1.29 is 38.0 Å². The van der Waals surface area contributed by atoms with Crippen LogP contribution in [-0.4, -0.2) is 98.6 Å². The van der Waals surface area contributed by atoms with Crippen LogP contribution in [0.15, 0.2) is 48.9 Å². The molecule has 3 aromatic heterocycles. The summed E-state index contributed by atoms with van der Waals surface area (Å²) in [6.07, 6.45) is 10.1. The second-order valence-electron chi connectivity index (χ2n) is 15.7. The van der Waals surface area contributed by atoms with E-state index in [1.165, 1.54) is 4.57 Å². The van der Waals surface area contributed by atoms with E-state index in [0.717, 1.165) is 48.1 Å². The van der Waals surface area contributed by atoms with Crippen molar-refractivity contribution in [3.63, 3.8) is 0 Å². The Morgan fingerprint density at radius 1 is 0.925 bits per heavy atom. The van der Waals surface area contributed by atoms with Gasteiger partial charge in [-0.2, -0.15) is 5.10 Å². The molecule has 3 aliphatic heterocycles. The van der Waals surface area contributed by atoms with E-state index in [2.05, 4.69) is 10.2 Å². The lowest BCUT2D eigenvalue weighted by atomic mass is 9.90.